The summed E-state index contributed by atoms with van der Waals surface area (Å²) >= 11 is 3.48. The normalized spacial score (nSPS) is 20.9. The van der Waals surface area contributed by atoms with Crippen LogP contribution in [0, 0.1) is 0 Å². The lowest BCUT2D eigenvalue weighted by molar-refractivity contribution is 0.240. The number of nitrogens with one attached hydrogen (secondary N) is 1. The summed E-state index contributed by atoms with van der Waals surface area (Å²) in [4.78, 5) is 2.60. The fraction of sp³-hybridized carbons (Fsp3) is 0.571. The molecule has 1 N–H and O–H groups in total. The summed E-state index contributed by atoms with van der Waals surface area (Å²) in [7, 11) is 0. The highest BCUT2D eigenvalue weighted by Crippen LogP contribution is 2.20. The molecule has 1 aromatic carbocycles. The third kappa shape index (κ3) is 3.80. The fourth-order valence-electron chi connectivity index (χ4n) is 2.47. The molecule has 17 heavy (non-hydrogen) atoms. The van der Waals surface area contributed by atoms with Crippen LogP contribution in [0.2, 0.25) is 0 Å². The molecule has 1 fully saturated rings. The molecule has 1 saturated heterocycles. The predicted octanol–water partition coefficient (Wildman–Crippen LogP) is 3.02. The van der Waals surface area contributed by atoms with E-state index in [4.69, 9.17) is 0 Å². The van der Waals surface area contributed by atoms with Crippen molar-refractivity contribution in [3.63, 3.8) is 0 Å². The van der Waals surface area contributed by atoms with E-state index in [0.29, 0.717) is 0 Å². The van der Waals surface area contributed by atoms with Gasteiger partial charge in [-0.2, -0.15) is 0 Å². The van der Waals surface area contributed by atoms with Crippen molar-refractivity contribution in [3.05, 3.63) is 34.3 Å². The third-order valence-electron chi connectivity index (χ3n) is 3.43. The Balaban J connectivity index is 1.90. The van der Waals surface area contributed by atoms with Gasteiger partial charge in [0.15, 0.2) is 0 Å². The first-order chi connectivity index (χ1) is 8.29. The number of nitrogens with zero attached hydrogens (tertiary/aromatic N) is 1. The standard InChI is InChI=1S/C14H21BrN2/c1-2-16-10-14-4-3-9-17(14)11-12-5-7-13(15)8-6-12/h5-8,14,16H,2-4,9-11H2,1H3. The third-order valence-corrected chi connectivity index (χ3v) is 3.96. The molecule has 3 heteroatoms. The molecule has 0 radical (unpaired) electrons. The highest BCUT2D eigenvalue weighted by atomic mass is 79.9. The number of rotatable bonds is 5. The van der Waals surface area contributed by atoms with Crippen LogP contribution in [0.5, 0.6) is 0 Å². The minimum absolute atomic E-state index is 0.721. The Hall–Kier alpha value is -0.380. The second-order valence-corrected chi connectivity index (χ2v) is 5.62. The Kier molecular flexibility index (Phi) is 5.01. The van der Waals surface area contributed by atoms with Gasteiger partial charge in [0.1, 0.15) is 0 Å². The van der Waals surface area contributed by atoms with Gasteiger partial charge in [-0.25, -0.2) is 0 Å². The van der Waals surface area contributed by atoms with Crippen LogP contribution in [0.1, 0.15) is 25.3 Å². The average molecular weight is 297 g/mol. The molecule has 0 spiro atoms. The predicted molar refractivity (Wildman–Crippen MR) is 76.1 cm³/mol. The molecule has 0 bridgehead atoms. The van der Waals surface area contributed by atoms with E-state index in [2.05, 4.69) is 57.3 Å². The molecular weight excluding hydrogens is 276 g/mol. The van der Waals surface area contributed by atoms with Crippen molar-refractivity contribution in [1.29, 1.82) is 0 Å². The van der Waals surface area contributed by atoms with Gasteiger partial charge >= 0.3 is 0 Å². The smallest absolute Gasteiger partial charge is 0.0237 e. The summed E-state index contributed by atoms with van der Waals surface area (Å²) in [5.41, 5.74) is 1.41. The Morgan fingerprint density at radius 3 is 2.82 bits per heavy atom. The van der Waals surface area contributed by atoms with Crippen molar-refractivity contribution in [3.8, 4) is 0 Å². The molecule has 1 unspecified atom stereocenters. The van der Waals surface area contributed by atoms with Gasteiger partial charge in [0.2, 0.25) is 0 Å². The number of benzene rings is 1. The largest absolute Gasteiger partial charge is 0.315 e. The van der Waals surface area contributed by atoms with Crippen molar-refractivity contribution < 1.29 is 0 Å². The van der Waals surface area contributed by atoms with Crippen molar-refractivity contribution in [2.24, 2.45) is 0 Å². The Bertz CT molecular complexity index is 337. The maximum absolute atomic E-state index is 3.48. The van der Waals surface area contributed by atoms with Gasteiger partial charge < -0.3 is 5.32 Å². The molecule has 0 aromatic heterocycles. The zero-order chi connectivity index (χ0) is 12.1. The van der Waals surface area contributed by atoms with E-state index in [-0.39, 0.29) is 0 Å². The maximum atomic E-state index is 3.48. The van der Waals surface area contributed by atoms with Gasteiger partial charge in [0, 0.05) is 23.6 Å². The zero-order valence-corrected chi connectivity index (χ0v) is 12.0. The van der Waals surface area contributed by atoms with Crippen LogP contribution < -0.4 is 5.32 Å². The van der Waals surface area contributed by atoms with E-state index in [9.17, 15) is 0 Å². The van der Waals surface area contributed by atoms with Crippen LogP contribution >= 0.6 is 15.9 Å². The molecule has 1 heterocycles. The van der Waals surface area contributed by atoms with Crippen LogP contribution in [-0.4, -0.2) is 30.6 Å². The molecule has 0 saturated carbocycles. The minimum Gasteiger partial charge on any atom is -0.315 e. The topological polar surface area (TPSA) is 15.3 Å². The van der Waals surface area contributed by atoms with Crippen LogP contribution in [0.4, 0.5) is 0 Å². The van der Waals surface area contributed by atoms with Gasteiger partial charge in [0.25, 0.3) is 0 Å². The molecule has 2 rings (SSSR count). The summed E-state index contributed by atoms with van der Waals surface area (Å²) in [6, 6.07) is 9.41. The molecule has 0 aliphatic carbocycles. The zero-order valence-electron chi connectivity index (χ0n) is 10.5. The van der Waals surface area contributed by atoms with Gasteiger partial charge in [-0.05, 0) is 43.6 Å². The van der Waals surface area contributed by atoms with E-state index in [1.165, 1.54) is 24.9 Å². The van der Waals surface area contributed by atoms with Crippen LogP contribution in [0.15, 0.2) is 28.7 Å². The fourth-order valence-corrected chi connectivity index (χ4v) is 2.73. The molecule has 1 aliphatic heterocycles. The number of hydrogen-bond donors (Lipinski definition) is 1. The Morgan fingerprint density at radius 1 is 1.35 bits per heavy atom. The molecular formula is C14H21BrN2. The molecule has 2 nitrogen and oxygen atoms in total. The summed E-state index contributed by atoms with van der Waals surface area (Å²) in [6.07, 6.45) is 2.68. The summed E-state index contributed by atoms with van der Waals surface area (Å²) in [5, 5.41) is 3.47. The Labute approximate surface area is 113 Å². The summed E-state index contributed by atoms with van der Waals surface area (Å²) in [5.74, 6) is 0. The first-order valence-electron chi connectivity index (χ1n) is 6.49. The lowest BCUT2D eigenvalue weighted by Gasteiger charge is -2.24. The van der Waals surface area contributed by atoms with Gasteiger partial charge in [-0.3, -0.25) is 4.90 Å². The van der Waals surface area contributed by atoms with Crippen LogP contribution in [0.25, 0.3) is 0 Å². The van der Waals surface area contributed by atoms with Crippen molar-refractivity contribution in [2.45, 2.75) is 32.4 Å². The molecule has 0 amide bonds. The van der Waals surface area contributed by atoms with E-state index < -0.39 is 0 Å². The number of halogens is 1. The van der Waals surface area contributed by atoms with Crippen molar-refractivity contribution in [2.75, 3.05) is 19.6 Å². The Morgan fingerprint density at radius 2 is 2.12 bits per heavy atom. The number of hydrogen-bond acceptors (Lipinski definition) is 2. The first-order valence-corrected chi connectivity index (χ1v) is 7.28. The van der Waals surface area contributed by atoms with E-state index >= 15 is 0 Å². The van der Waals surface area contributed by atoms with Crippen LogP contribution in [-0.2, 0) is 6.54 Å². The maximum Gasteiger partial charge on any atom is 0.0237 e. The van der Waals surface area contributed by atoms with Gasteiger partial charge in [-0.1, -0.05) is 35.0 Å². The van der Waals surface area contributed by atoms with Crippen molar-refractivity contribution in [1.82, 2.24) is 10.2 Å². The molecule has 1 atom stereocenters. The molecule has 1 aromatic rings. The van der Waals surface area contributed by atoms with E-state index in [1.54, 1.807) is 0 Å². The highest BCUT2D eigenvalue weighted by molar-refractivity contribution is 9.10. The van der Waals surface area contributed by atoms with Gasteiger partial charge in [0.05, 0.1) is 0 Å². The molecule has 94 valence electrons. The number of likely N-dealkylation sites (tertiary alicyclic amines) is 1. The average Bonchev–Trinajstić information content (AvgIpc) is 2.77. The second-order valence-electron chi connectivity index (χ2n) is 4.70. The van der Waals surface area contributed by atoms with Gasteiger partial charge in [-0.15, -0.1) is 0 Å². The molecule has 1 aliphatic rings. The van der Waals surface area contributed by atoms with Crippen LogP contribution in [0.3, 0.4) is 0 Å². The quantitative estimate of drug-likeness (QED) is 0.898. The lowest BCUT2D eigenvalue weighted by Crippen LogP contribution is -2.37. The summed E-state index contributed by atoms with van der Waals surface area (Å²) < 4.78 is 1.16. The highest BCUT2D eigenvalue weighted by Gasteiger charge is 2.23. The monoisotopic (exact) mass is 296 g/mol. The van der Waals surface area contributed by atoms with E-state index in [0.717, 1.165) is 30.1 Å². The minimum atomic E-state index is 0.721. The number of likely N-dealkylation sites (N-methyl/N-ethyl adjacent to an activating group) is 1. The second kappa shape index (κ2) is 6.53. The van der Waals surface area contributed by atoms with Crippen molar-refractivity contribution >= 4 is 15.9 Å². The first kappa shape index (κ1) is 13.1. The lowest BCUT2D eigenvalue weighted by atomic mass is 10.2. The SMILES string of the molecule is CCNCC1CCCN1Cc1ccc(Br)cc1. The summed E-state index contributed by atoms with van der Waals surface area (Å²) in [6.45, 7) is 6.71. The van der Waals surface area contributed by atoms with E-state index in [1.807, 2.05) is 0 Å².